The molecule has 14 heavy (non-hydrogen) atoms. The second kappa shape index (κ2) is 3.89. The van der Waals surface area contributed by atoms with E-state index in [4.69, 9.17) is 4.43 Å². The molecular weight excluding hydrogens is 194 g/mol. The smallest absolute Gasteiger partial charge is 0.293 e. The first-order valence-corrected chi connectivity index (χ1v) is 5.88. The minimum atomic E-state index is -0.795. The van der Waals surface area contributed by atoms with Gasteiger partial charge in [-0.3, -0.25) is 4.35 Å². The third-order valence-corrected chi connectivity index (χ3v) is 3.48. The standard InChI is InChI=1S/C9H13N3OSi/c1-7(2)13-14-12-9-6-4-3-5-8(9)10-11-12/h3-7H,14H2,1-2H3. The molecule has 1 aromatic carbocycles. The third-order valence-electron chi connectivity index (χ3n) is 1.95. The Morgan fingerprint density at radius 3 is 2.93 bits per heavy atom. The fraction of sp³-hybridized carbons (Fsp3) is 0.333. The fourth-order valence-corrected chi connectivity index (χ4v) is 2.19. The van der Waals surface area contributed by atoms with Crippen LogP contribution in [0.15, 0.2) is 24.3 Å². The normalized spacial score (nSPS) is 12.2. The van der Waals surface area contributed by atoms with Crippen molar-refractivity contribution in [2.45, 2.75) is 20.0 Å². The molecule has 74 valence electrons. The molecule has 2 rings (SSSR count). The minimum absolute atomic E-state index is 0.268. The number of rotatable bonds is 3. The van der Waals surface area contributed by atoms with Gasteiger partial charge in [0.15, 0.2) is 0 Å². The molecule has 4 nitrogen and oxygen atoms in total. The summed E-state index contributed by atoms with van der Waals surface area (Å²) in [6, 6.07) is 7.94. The van der Waals surface area contributed by atoms with Crippen LogP contribution >= 0.6 is 0 Å². The lowest BCUT2D eigenvalue weighted by molar-refractivity contribution is 0.250. The lowest BCUT2D eigenvalue weighted by Crippen LogP contribution is -2.16. The van der Waals surface area contributed by atoms with Crippen molar-refractivity contribution in [3.05, 3.63) is 24.3 Å². The van der Waals surface area contributed by atoms with E-state index >= 15 is 0 Å². The summed E-state index contributed by atoms with van der Waals surface area (Å²) in [5, 5.41) is 8.13. The summed E-state index contributed by atoms with van der Waals surface area (Å²) < 4.78 is 7.49. The van der Waals surface area contributed by atoms with Gasteiger partial charge in [-0.05, 0) is 26.0 Å². The van der Waals surface area contributed by atoms with E-state index < -0.39 is 9.92 Å². The van der Waals surface area contributed by atoms with Gasteiger partial charge < -0.3 is 4.43 Å². The lowest BCUT2D eigenvalue weighted by atomic mass is 10.3. The first-order chi connectivity index (χ1) is 6.77. The third kappa shape index (κ3) is 1.83. The molecule has 0 amide bonds. The Labute approximate surface area is 84.9 Å². The Bertz CT molecular complexity index is 427. The first-order valence-electron chi connectivity index (χ1n) is 4.67. The summed E-state index contributed by atoms with van der Waals surface area (Å²) in [5.74, 6) is 0. The molecule has 0 saturated heterocycles. The first kappa shape index (κ1) is 9.36. The van der Waals surface area contributed by atoms with E-state index in [0.717, 1.165) is 11.0 Å². The van der Waals surface area contributed by atoms with E-state index in [2.05, 4.69) is 10.3 Å². The highest BCUT2D eigenvalue weighted by Crippen LogP contribution is 2.08. The molecule has 0 fully saturated rings. The number of aromatic nitrogens is 3. The van der Waals surface area contributed by atoms with Crippen molar-refractivity contribution in [3.8, 4) is 0 Å². The number of hydrogen-bond donors (Lipinski definition) is 0. The Hall–Kier alpha value is -1.20. The van der Waals surface area contributed by atoms with E-state index in [1.807, 2.05) is 42.5 Å². The van der Waals surface area contributed by atoms with Crippen LogP contribution in [0.3, 0.4) is 0 Å². The molecule has 1 heterocycles. The molecule has 0 saturated carbocycles. The second-order valence-corrected chi connectivity index (χ2v) is 4.61. The number of benzene rings is 1. The lowest BCUT2D eigenvalue weighted by Gasteiger charge is -2.06. The molecule has 0 aliphatic carbocycles. The van der Waals surface area contributed by atoms with Gasteiger partial charge >= 0.3 is 0 Å². The predicted molar refractivity (Wildman–Crippen MR) is 57.7 cm³/mol. The molecule has 0 aliphatic rings. The van der Waals surface area contributed by atoms with Crippen LogP contribution < -0.4 is 0 Å². The molecule has 0 radical (unpaired) electrons. The summed E-state index contributed by atoms with van der Waals surface area (Å²) >= 11 is 0. The highest BCUT2D eigenvalue weighted by atomic mass is 28.2. The van der Waals surface area contributed by atoms with Crippen molar-refractivity contribution >= 4 is 21.0 Å². The zero-order valence-electron chi connectivity index (χ0n) is 8.34. The van der Waals surface area contributed by atoms with E-state index in [1.54, 1.807) is 0 Å². The molecule has 0 atom stereocenters. The Kier molecular flexibility index (Phi) is 2.60. The SMILES string of the molecule is CC(C)O[SiH2]n1nnc2ccccc21. The van der Waals surface area contributed by atoms with Gasteiger partial charge in [-0.1, -0.05) is 17.3 Å². The topological polar surface area (TPSA) is 39.9 Å². The van der Waals surface area contributed by atoms with Gasteiger partial charge in [-0.15, -0.1) is 5.10 Å². The van der Waals surface area contributed by atoms with Crippen LogP contribution in [0.4, 0.5) is 0 Å². The van der Waals surface area contributed by atoms with Crippen LogP contribution in [0, 0.1) is 0 Å². The maximum absolute atomic E-state index is 5.59. The summed E-state index contributed by atoms with van der Waals surface area (Å²) in [5.41, 5.74) is 2.01. The van der Waals surface area contributed by atoms with Crippen LogP contribution in [0.25, 0.3) is 11.0 Å². The Morgan fingerprint density at radius 2 is 2.14 bits per heavy atom. The second-order valence-electron chi connectivity index (χ2n) is 3.42. The maximum Gasteiger partial charge on any atom is 0.293 e. The van der Waals surface area contributed by atoms with Crippen molar-refractivity contribution < 1.29 is 4.43 Å². The fourth-order valence-electron chi connectivity index (χ4n) is 1.23. The van der Waals surface area contributed by atoms with Crippen LogP contribution in [0.2, 0.25) is 0 Å². The predicted octanol–water partition coefficient (Wildman–Crippen LogP) is 0.703. The number of hydrogen-bond acceptors (Lipinski definition) is 3. The van der Waals surface area contributed by atoms with Crippen molar-refractivity contribution in [3.63, 3.8) is 0 Å². The van der Waals surface area contributed by atoms with E-state index in [1.165, 1.54) is 0 Å². The quantitative estimate of drug-likeness (QED) is 0.696. The molecule has 0 N–H and O–H groups in total. The monoisotopic (exact) mass is 207 g/mol. The highest BCUT2D eigenvalue weighted by Gasteiger charge is 2.03. The maximum atomic E-state index is 5.59. The highest BCUT2D eigenvalue weighted by molar-refractivity contribution is 6.26. The largest absolute Gasteiger partial charge is 0.400 e. The summed E-state index contributed by atoms with van der Waals surface area (Å²) in [6.07, 6.45) is 0.268. The van der Waals surface area contributed by atoms with Gasteiger partial charge in [0.2, 0.25) is 0 Å². The molecule has 0 bridgehead atoms. The molecule has 0 spiro atoms. The average Bonchev–Trinajstić information content (AvgIpc) is 2.58. The van der Waals surface area contributed by atoms with Crippen LogP contribution in [-0.2, 0) is 4.43 Å². The number of nitrogens with zero attached hydrogens (tertiary/aromatic N) is 3. The molecule has 2 aromatic rings. The van der Waals surface area contributed by atoms with Crippen molar-refractivity contribution in [1.29, 1.82) is 0 Å². The van der Waals surface area contributed by atoms with Gasteiger partial charge in [0.1, 0.15) is 5.52 Å². The minimum Gasteiger partial charge on any atom is -0.400 e. The van der Waals surface area contributed by atoms with Gasteiger partial charge in [0, 0.05) is 6.10 Å². The zero-order chi connectivity index (χ0) is 9.97. The van der Waals surface area contributed by atoms with Crippen molar-refractivity contribution in [2.24, 2.45) is 0 Å². The Balaban J connectivity index is 2.25. The zero-order valence-corrected chi connectivity index (χ0v) is 9.76. The van der Waals surface area contributed by atoms with Crippen LogP contribution in [0.1, 0.15) is 13.8 Å². The van der Waals surface area contributed by atoms with Crippen molar-refractivity contribution in [1.82, 2.24) is 14.7 Å². The molecule has 5 heteroatoms. The number of fused-ring (bicyclic) bond motifs is 1. The van der Waals surface area contributed by atoms with E-state index in [-0.39, 0.29) is 6.10 Å². The summed E-state index contributed by atoms with van der Waals surface area (Å²) in [4.78, 5) is 0. The van der Waals surface area contributed by atoms with Crippen LogP contribution in [0.5, 0.6) is 0 Å². The molecular formula is C9H13N3OSi. The summed E-state index contributed by atoms with van der Waals surface area (Å²) in [7, 11) is -0.795. The van der Waals surface area contributed by atoms with Crippen molar-refractivity contribution in [2.75, 3.05) is 0 Å². The van der Waals surface area contributed by atoms with E-state index in [0.29, 0.717) is 0 Å². The molecule has 0 unspecified atom stereocenters. The van der Waals surface area contributed by atoms with Crippen LogP contribution in [-0.4, -0.2) is 30.7 Å². The summed E-state index contributed by atoms with van der Waals surface area (Å²) in [6.45, 7) is 4.07. The molecule has 0 aliphatic heterocycles. The Morgan fingerprint density at radius 1 is 1.36 bits per heavy atom. The van der Waals surface area contributed by atoms with Gasteiger partial charge in [-0.25, -0.2) is 0 Å². The van der Waals surface area contributed by atoms with Gasteiger partial charge in [0.05, 0.1) is 5.52 Å². The van der Waals surface area contributed by atoms with E-state index in [9.17, 15) is 0 Å². The number of para-hydroxylation sites is 1. The molecule has 1 aromatic heterocycles. The van der Waals surface area contributed by atoms with Gasteiger partial charge in [-0.2, -0.15) is 0 Å². The average molecular weight is 207 g/mol. The van der Waals surface area contributed by atoms with Gasteiger partial charge in [0.25, 0.3) is 9.92 Å².